The van der Waals surface area contributed by atoms with Gasteiger partial charge in [-0.2, -0.15) is 8.42 Å². The Morgan fingerprint density at radius 2 is 2.24 bits per heavy atom. The maximum absolute atomic E-state index is 12.4. The zero-order chi connectivity index (χ0) is 15.5. The number of phenols is 1. The molecule has 1 aromatic carbocycles. The number of carbonyl (C=O) groups is 1. The Labute approximate surface area is 123 Å². The van der Waals surface area contributed by atoms with Gasteiger partial charge >= 0.3 is 0 Å². The number of benzene rings is 1. The molecular formula is C13H19N3O4S. The van der Waals surface area contributed by atoms with E-state index in [9.17, 15) is 18.3 Å². The average Bonchev–Trinajstić information content (AvgIpc) is 2.44. The zero-order valence-electron chi connectivity index (χ0n) is 11.5. The Bertz CT molecular complexity index is 618. The Hall–Kier alpha value is -1.64. The number of hydrogen-bond donors (Lipinski definition) is 3. The maximum atomic E-state index is 12.4. The third-order valence-electron chi connectivity index (χ3n) is 3.47. The molecule has 0 spiro atoms. The van der Waals surface area contributed by atoms with Crippen LogP contribution in [0.5, 0.6) is 5.75 Å². The summed E-state index contributed by atoms with van der Waals surface area (Å²) in [6, 6.07) is 6.20. The van der Waals surface area contributed by atoms with Gasteiger partial charge in [0.1, 0.15) is 5.75 Å². The van der Waals surface area contributed by atoms with Crippen molar-refractivity contribution in [2.45, 2.75) is 12.8 Å². The second-order valence-electron chi connectivity index (χ2n) is 5.20. The average molecular weight is 313 g/mol. The van der Waals surface area contributed by atoms with E-state index in [2.05, 4.69) is 4.72 Å². The Kier molecular flexibility index (Phi) is 4.81. The number of phenolic OH excluding ortho intramolecular Hbond substituents is 1. The van der Waals surface area contributed by atoms with Gasteiger partial charge < -0.3 is 10.0 Å². The normalized spacial score (nSPS) is 19.5. The standard InChI is InChI=1S/C13H19N3O4S/c14-21(19,20)15-8-10-3-2-6-16(9-10)13(18)11-4-1-5-12(17)7-11/h1,4-5,7,10,15,17H,2-3,6,8-9H2,(H2,14,19,20). The van der Waals surface area contributed by atoms with Gasteiger partial charge in [-0.05, 0) is 37.0 Å². The summed E-state index contributed by atoms with van der Waals surface area (Å²) in [5.41, 5.74) is 0.426. The van der Waals surface area contributed by atoms with Gasteiger partial charge in [0.05, 0.1) is 0 Å². The summed E-state index contributed by atoms with van der Waals surface area (Å²) >= 11 is 0. The number of rotatable bonds is 4. The van der Waals surface area contributed by atoms with Crippen molar-refractivity contribution in [1.29, 1.82) is 0 Å². The number of piperidine rings is 1. The van der Waals surface area contributed by atoms with Crippen LogP contribution in [0.25, 0.3) is 0 Å². The summed E-state index contributed by atoms with van der Waals surface area (Å²) in [6.45, 7) is 1.32. The van der Waals surface area contributed by atoms with Gasteiger partial charge in [-0.25, -0.2) is 9.86 Å². The number of carbonyl (C=O) groups excluding carboxylic acids is 1. The largest absolute Gasteiger partial charge is 0.508 e. The van der Waals surface area contributed by atoms with Crippen molar-refractivity contribution in [1.82, 2.24) is 9.62 Å². The molecule has 1 heterocycles. The van der Waals surface area contributed by atoms with Crippen LogP contribution in [0.4, 0.5) is 0 Å². The smallest absolute Gasteiger partial charge is 0.274 e. The van der Waals surface area contributed by atoms with Gasteiger partial charge in [-0.3, -0.25) is 4.79 Å². The molecular weight excluding hydrogens is 294 g/mol. The van der Waals surface area contributed by atoms with Crippen LogP contribution in [-0.2, 0) is 10.2 Å². The molecule has 2 rings (SSSR count). The van der Waals surface area contributed by atoms with Crippen molar-refractivity contribution in [2.75, 3.05) is 19.6 Å². The minimum atomic E-state index is -3.71. The molecule has 1 fully saturated rings. The van der Waals surface area contributed by atoms with E-state index >= 15 is 0 Å². The zero-order valence-corrected chi connectivity index (χ0v) is 12.3. The monoisotopic (exact) mass is 313 g/mol. The molecule has 0 saturated carbocycles. The lowest BCUT2D eigenvalue weighted by Gasteiger charge is -2.32. The molecule has 0 bridgehead atoms. The predicted octanol–water partition coefficient (Wildman–Crippen LogP) is 0.0375. The number of nitrogens with zero attached hydrogens (tertiary/aromatic N) is 1. The van der Waals surface area contributed by atoms with Crippen LogP contribution in [0.1, 0.15) is 23.2 Å². The van der Waals surface area contributed by atoms with Gasteiger partial charge in [0.2, 0.25) is 0 Å². The summed E-state index contributed by atoms with van der Waals surface area (Å²) in [4.78, 5) is 14.0. The van der Waals surface area contributed by atoms with E-state index in [0.717, 1.165) is 12.8 Å². The summed E-state index contributed by atoms with van der Waals surface area (Å²) < 4.78 is 24.1. The van der Waals surface area contributed by atoms with E-state index in [-0.39, 0.29) is 24.1 Å². The Morgan fingerprint density at radius 3 is 2.90 bits per heavy atom. The van der Waals surface area contributed by atoms with Crippen LogP contribution in [0.3, 0.4) is 0 Å². The summed E-state index contributed by atoms with van der Waals surface area (Å²) in [5.74, 6) is -0.0742. The number of amides is 1. The molecule has 1 aliphatic rings. The van der Waals surface area contributed by atoms with Gasteiger partial charge in [-0.15, -0.1) is 0 Å². The minimum absolute atomic E-state index is 0.0401. The molecule has 1 saturated heterocycles. The minimum Gasteiger partial charge on any atom is -0.508 e. The molecule has 8 heteroatoms. The van der Waals surface area contributed by atoms with E-state index in [1.807, 2.05) is 0 Å². The molecule has 1 unspecified atom stereocenters. The van der Waals surface area contributed by atoms with Crippen molar-refractivity contribution in [3.8, 4) is 5.75 Å². The topological polar surface area (TPSA) is 113 Å². The van der Waals surface area contributed by atoms with Gasteiger partial charge in [0.25, 0.3) is 16.1 Å². The number of nitrogens with two attached hydrogens (primary N) is 1. The molecule has 7 nitrogen and oxygen atoms in total. The van der Waals surface area contributed by atoms with Crippen LogP contribution < -0.4 is 9.86 Å². The van der Waals surface area contributed by atoms with E-state index in [4.69, 9.17) is 5.14 Å². The van der Waals surface area contributed by atoms with Crippen LogP contribution in [-0.4, -0.2) is 44.0 Å². The van der Waals surface area contributed by atoms with Gasteiger partial charge in [-0.1, -0.05) is 6.07 Å². The lowest BCUT2D eigenvalue weighted by atomic mass is 9.97. The highest BCUT2D eigenvalue weighted by Gasteiger charge is 2.25. The second-order valence-corrected chi connectivity index (χ2v) is 6.58. The van der Waals surface area contributed by atoms with E-state index in [1.54, 1.807) is 17.0 Å². The van der Waals surface area contributed by atoms with Crippen molar-refractivity contribution in [3.05, 3.63) is 29.8 Å². The molecule has 21 heavy (non-hydrogen) atoms. The van der Waals surface area contributed by atoms with Gasteiger partial charge in [0, 0.05) is 25.2 Å². The maximum Gasteiger partial charge on any atom is 0.274 e. The fraction of sp³-hybridized carbons (Fsp3) is 0.462. The summed E-state index contributed by atoms with van der Waals surface area (Å²) in [7, 11) is -3.71. The van der Waals surface area contributed by atoms with E-state index in [1.165, 1.54) is 12.1 Å². The lowest BCUT2D eigenvalue weighted by molar-refractivity contribution is 0.0676. The van der Waals surface area contributed by atoms with Crippen molar-refractivity contribution < 1.29 is 18.3 Å². The molecule has 0 aliphatic carbocycles. The molecule has 0 radical (unpaired) electrons. The first-order chi connectivity index (χ1) is 9.85. The Morgan fingerprint density at radius 1 is 1.48 bits per heavy atom. The predicted molar refractivity (Wildman–Crippen MR) is 77.8 cm³/mol. The third-order valence-corrected chi connectivity index (χ3v) is 4.04. The van der Waals surface area contributed by atoms with Crippen LogP contribution in [0, 0.1) is 5.92 Å². The van der Waals surface area contributed by atoms with E-state index in [0.29, 0.717) is 18.7 Å². The summed E-state index contributed by atoms with van der Waals surface area (Å²) in [5, 5.41) is 14.3. The molecule has 1 aromatic rings. The van der Waals surface area contributed by atoms with Crippen LogP contribution in [0.15, 0.2) is 24.3 Å². The number of nitrogens with one attached hydrogen (secondary N) is 1. The van der Waals surface area contributed by atoms with E-state index < -0.39 is 10.2 Å². The van der Waals surface area contributed by atoms with Crippen molar-refractivity contribution in [2.24, 2.45) is 11.1 Å². The first kappa shape index (κ1) is 15.7. The number of likely N-dealkylation sites (tertiary alicyclic amines) is 1. The van der Waals surface area contributed by atoms with Crippen LogP contribution >= 0.6 is 0 Å². The quantitative estimate of drug-likeness (QED) is 0.728. The molecule has 1 amide bonds. The Balaban J connectivity index is 1.99. The van der Waals surface area contributed by atoms with Gasteiger partial charge in [0.15, 0.2) is 0 Å². The molecule has 4 N–H and O–H groups in total. The molecule has 1 aliphatic heterocycles. The lowest BCUT2D eigenvalue weighted by Crippen LogP contribution is -2.44. The van der Waals surface area contributed by atoms with Crippen LogP contribution in [0.2, 0.25) is 0 Å². The highest BCUT2D eigenvalue weighted by molar-refractivity contribution is 7.87. The fourth-order valence-electron chi connectivity index (χ4n) is 2.47. The first-order valence-corrected chi connectivity index (χ1v) is 8.25. The second kappa shape index (κ2) is 6.42. The highest BCUT2D eigenvalue weighted by Crippen LogP contribution is 2.19. The molecule has 116 valence electrons. The number of hydrogen-bond acceptors (Lipinski definition) is 4. The molecule has 0 aromatic heterocycles. The highest BCUT2D eigenvalue weighted by atomic mass is 32.2. The third kappa shape index (κ3) is 4.69. The number of aromatic hydroxyl groups is 1. The SMILES string of the molecule is NS(=O)(=O)NCC1CCCN(C(=O)c2cccc(O)c2)C1. The first-order valence-electron chi connectivity index (χ1n) is 6.71. The molecule has 1 atom stereocenters. The summed E-state index contributed by atoms with van der Waals surface area (Å²) in [6.07, 6.45) is 1.65. The van der Waals surface area contributed by atoms with Crippen molar-refractivity contribution in [3.63, 3.8) is 0 Å². The fourth-order valence-corrected chi connectivity index (χ4v) is 2.94. The van der Waals surface area contributed by atoms with Crippen molar-refractivity contribution >= 4 is 16.1 Å².